The predicted molar refractivity (Wildman–Crippen MR) is 90.6 cm³/mol. The average molecular weight is 397 g/mol. The lowest BCUT2D eigenvalue weighted by atomic mass is 10.1. The summed E-state index contributed by atoms with van der Waals surface area (Å²) in [7, 11) is 1.43. The lowest BCUT2D eigenvalue weighted by Crippen LogP contribution is -2.17. The Hall–Kier alpha value is -3.18. The lowest BCUT2D eigenvalue weighted by molar-refractivity contribution is -0.384. The van der Waals surface area contributed by atoms with Gasteiger partial charge in [0.25, 0.3) is 5.69 Å². The number of aliphatic hydroxyl groups excluding tert-OH is 1. The van der Waals surface area contributed by atoms with Gasteiger partial charge in [0.15, 0.2) is 0 Å². The summed E-state index contributed by atoms with van der Waals surface area (Å²) in [5, 5.41) is 21.6. The van der Waals surface area contributed by atoms with Crippen LogP contribution in [0.1, 0.15) is 17.5 Å². The first kappa shape index (κ1) is 19.6. The fraction of sp³-hybridized carbons (Fsp3) is 0.235. The maximum absolute atomic E-state index is 12.3. The van der Waals surface area contributed by atoms with E-state index in [2.05, 4.69) is 9.72 Å². The standard InChI is InChI=1S/C17H14F3N3O5/c1-27-9-22-14-7-4-11(23(25)26)8-13(14)21-16(22)15(24)10-2-5-12(6-3-10)28-17(18,19)20/h2-8,15,24H,9H2,1H3. The van der Waals surface area contributed by atoms with Crippen LogP contribution in [0.25, 0.3) is 11.0 Å². The third-order valence-corrected chi connectivity index (χ3v) is 3.90. The smallest absolute Gasteiger partial charge is 0.406 e. The lowest BCUT2D eigenvalue weighted by Gasteiger charge is -2.14. The van der Waals surface area contributed by atoms with Crippen molar-refractivity contribution in [2.24, 2.45) is 0 Å². The SMILES string of the molecule is COCn1c(C(O)c2ccc(OC(F)(F)F)cc2)nc2cc([N+](=O)[O-])ccc21. The van der Waals surface area contributed by atoms with E-state index in [0.717, 1.165) is 12.1 Å². The van der Waals surface area contributed by atoms with Crippen molar-refractivity contribution < 1.29 is 32.7 Å². The Labute approximate surface area is 155 Å². The normalized spacial score (nSPS) is 12.9. The number of methoxy groups -OCH3 is 1. The van der Waals surface area contributed by atoms with Crippen LogP contribution in [-0.4, -0.2) is 33.1 Å². The Morgan fingerprint density at radius 3 is 2.50 bits per heavy atom. The number of fused-ring (bicyclic) bond motifs is 1. The topological polar surface area (TPSA) is 99.7 Å². The molecule has 1 N–H and O–H groups in total. The number of imidazole rings is 1. The zero-order valence-electron chi connectivity index (χ0n) is 14.4. The van der Waals surface area contributed by atoms with Crippen molar-refractivity contribution in [1.29, 1.82) is 0 Å². The molecule has 0 fully saturated rings. The molecular formula is C17H14F3N3O5. The van der Waals surface area contributed by atoms with E-state index in [1.54, 1.807) is 0 Å². The summed E-state index contributed by atoms with van der Waals surface area (Å²) >= 11 is 0. The summed E-state index contributed by atoms with van der Waals surface area (Å²) in [4.78, 5) is 14.6. The highest BCUT2D eigenvalue weighted by atomic mass is 19.4. The Bertz CT molecular complexity index is 1000. The number of nitrogens with zero attached hydrogens (tertiary/aromatic N) is 3. The summed E-state index contributed by atoms with van der Waals surface area (Å²) in [6.45, 7) is 0.00989. The Kier molecular flexibility index (Phi) is 5.21. The number of alkyl halides is 3. The minimum absolute atomic E-state index is 0.00989. The van der Waals surface area contributed by atoms with Crippen molar-refractivity contribution in [3.63, 3.8) is 0 Å². The van der Waals surface area contributed by atoms with Crippen LogP contribution in [0.5, 0.6) is 5.75 Å². The molecule has 0 amide bonds. The molecule has 148 valence electrons. The maximum Gasteiger partial charge on any atom is 0.573 e. The van der Waals surface area contributed by atoms with Gasteiger partial charge in [-0.3, -0.25) is 10.1 Å². The van der Waals surface area contributed by atoms with Gasteiger partial charge in [-0.05, 0) is 23.8 Å². The van der Waals surface area contributed by atoms with Crippen LogP contribution in [-0.2, 0) is 11.5 Å². The number of halogens is 3. The number of non-ortho nitro benzene ring substituents is 1. The van der Waals surface area contributed by atoms with Gasteiger partial charge in [-0.2, -0.15) is 0 Å². The van der Waals surface area contributed by atoms with E-state index in [-0.39, 0.29) is 29.3 Å². The van der Waals surface area contributed by atoms with Crippen molar-refractivity contribution in [1.82, 2.24) is 9.55 Å². The van der Waals surface area contributed by atoms with Gasteiger partial charge in [-0.25, -0.2) is 4.98 Å². The molecule has 11 heteroatoms. The van der Waals surface area contributed by atoms with Gasteiger partial charge in [0.05, 0.1) is 16.0 Å². The van der Waals surface area contributed by atoms with Crippen LogP contribution in [0.3, 0.4) is 0 Å². The van der Waals surface area contributed by atoms with Crippen LogP contribution >= 0.6 is 0 Å². The van der Waals surface area contributed by atoms with Gasteiger partial charge in [0.2, 0.25) is 0 Å². The third-order valence-electron chi connectivity index (χ3n) is 3.90. The van der Waals surface area contributed by atoms with Crippen molar-refractivity contribution in [3.8, 4) is 5.75 Å². The number of hydrogen-bond donors (Lipinski definition) is 1. The number of nitro benzene ring substituents is 1. The molecule has 2 aromatic carbocycles. The summed E-state index contributed by atoms with van der Waals surface area (Å²) in [5.41, 5.74) is 0.872. The quantitative estimate of drug-likeness (QED) is 0.505. The van der Waals surface area contributed by atoms with Crippen LogP contribution in [0.2, 0.25) is 0 Å². The summed E-state index contributed by atoms with van der Waals surface area (Å²) in [6, 6.07) is 8.72. The van der Waals surface area contributed by atoms with E-state index in [4.69, 9.17) is 4.74 Å². The number of aromatic nitrogens is 2. The van der Waals surface area contributed by atoms with E-state index >= 15 is 0 Å². The van der Waals surface area contributed by atoms with E-state index in [1.165, 1.54) is 42.0 Å². The zero-order chi connectivity index (χ0) is 20.5. The summed E-state index contributed by atoms with van der Waals surface area (Å²) in [5.74, 6) is -0.300. The fourth-order valence-corrected chi connectivity index (χ4v) is 2.72. The molecule has 1 unspecified atom stereocenters. The second-order valence-electron chi connectivity index (χ2n) is 5.77. The molecule has 0 aliphatic rings. The molecule has 1 atom stereocenters. The Balaban J connectivity index is 1.99. The first-order valence-electron chi connectivity index (χ1n) is 7.87. The molecule has 0 aliphatic heterocycles. The number of rotatable bonds is 6. The highest BCUT2D eigenvalue weighted by Crippen LogP contribution is 2.30. The molecule has 0 aliphatic carbocycles. The molecule has 0 radical (unpaired) electrons. The molecule has 0 bridgehead atoms. The number of hydrogen-bond acceptors (Lipinski definition) is 6. The molecule has 0 saturated heterocycles. The largest absolute Gasteiger partial charge is 0.573 e. The molecule has 0 saturated carbocycles. The molecule has 28 heavy (non-hydrogen) atoms. The monoisotopic (exact) mass is 397 g/mol. The Morgan fingerprint density at radius 2 is 1.93 bits per heavy atom. The second kappa shape index (κ2) is 7.44. The van der Waals surface area contributed by atoms with Gasteiger partial charge >= 0.3 is 6.36 Å². The van der Waals surface area contributed by atoms with E-state index in [0.29, 0.717) is 5.52 Å². The summed E-state index contributed by atoms with van der Waals surface area (Å²) in [6.07, 6.45) is -6.12. The third kappa shape index (κ3) is 4.05. The predicted octanol–water partition coefficient (Wildman–Crippen LogP) is 3.53. The van der Waals surface area contributed by atoms with Crippen LogP contribution in [0.15, 0.2) is 42.5 Å². The second-order valence-corrected chi connectivity index (χ2v) is 5.77. The van der Waals surface area contributed by atoms with Gasteiger partial charge in [0.1, 0.15) is 24.4 Å². The zero-order valence-corrected chi connectivity index (χ0v) is 14.4. The van der Waals surface area contributed by atoms with Gasteiger partial charge in [-0.1, -0.05) is 12.1 Å². The van der Waals surface area contributed by atoms with Crippen LogP contribution in [0.4, 0.5) is 18.9 Å². The molecular weight excluding hydrogens is 383 g/mol. The van der Waals surface area contributed by atoms with Crippen LogP contribution in [0, 0.1) is 10.1 Å². The first-order valence-corrected chi connectivity index (χ1v) is 7.87. The highest BCUT2D eigenvalue weighted by molar-refractivity contribution is 5.79. The number of benzene rings is 2. The van der Waals surface area contributed by atoms with Gasteiger partial charge < -0.3 is 19.1 Å². The molecule has 1 aromatic heterocycles. The minimum Gasteiger partial charge on any atom is -0.406 e. The first-order chi connectivity index (χ1) is 13.2. The van der Waals surface area contributed by atoms with Crippen molar-refractivity contribution in [2.75, 3.05) is 7.11 Å². The van der Waals surface area contributed by atoms with Gasteiger partial charge in [-0.15, -0.1) is 13.2 Å². The van der Waals surface area contributed by atoms with Crippen LogP contribution < -0.4 is 4.74 Å². The number of aliphatic hydroxyl groups is 1. The molecule has 3 aromatic rings. The fourth-order valence-electron chi connectivity index (χ4n) is 2.72. The van der Waals surface area contributed by atoms with E-state index in [9.17, 15) is 28.4 Å². The molecule has 3 rings (SSSR count). The minimum atomic E-state index is -4.82. The molecule has 1 heterocycles. The van der Waals surface area contributed by atoms with E-state index in [1.807, 2.05) is 0 Å². The number of ether oxygens (including phenoxy) is 2. The molecule has 0 spiro atoms. The van der Waals surface area contributed by atoms with Gasteiger partial charge in [0, 0.05) is 19.2 Å². The van der Waals surface area contributed by atoms with Crippen molar-refractivity contribution in [3.05, 3.63) is 64.0 Å². The maximum atomic E-state index is 12.3. The van der Waals surface area contributed by atoms with E-state index < -0.39 is 23.1 Å². The van der Waals surface area contributed by atoms with Crippen molar-refractivity contribution >= 4 is 16.7 Å². The highest BCUT2D eigenvalue weighted by Gasteiger charge is 2.31. The van der Waals surface area contributed by atoms with Crippen molar-refractivity contribution in [2.45, 2.75) is 19.2 Å². The summed E-state index contributed by atoms with van der Waals surface area (Å²) < 4.78 is 47.2. The molecule has 8 nitrogen and oxygen atoms in total. The number of nitro groups is 1. The average Bonchev–Trinajstić information content (AvgIpc) is 2.98. The Morgan fingerprint density at radius 1 is 1.25 bits per heavy atom.